The number of nitrogens with one attached hydrogen (secondary N) is 4. The van der Waals surface area contributed by atoms with E-state index in [0.717, 1.165) is 29.3 Å². The minimum absolute atomic E-state index is 0.147. The van der Waals surface area contributed by atoms with Gasteiger partial charge in [-0.15, -0.1) is 0 Å². The van der Waals surface area contributed by atoms with Gasteiger partial charge in [0.15, 0.2) is 0 Å². The Bertz CT molecular complexity index is 1100. The number of aromatic nitrogens is 1. The van der Waals surface area contributed by atoms with E-state index in [9.17, 15) is 14.4 Å². The molecule has 0 saturated heterocycles. The van der Waals surface area contributed by atoms with Gasteiger partial charge in [0.05, 0.1) is 0 Å². The zero-order valence-corrected chi connectivity index (χ0v) is 16.7. The summed E-state index contributed by atoms with van der Waals surface area (Å²) in [4.78, 5) is 40.1. The van der Waals surface area contributed by atoms with E-state index >= 15 is 0 Å². The van der Waals surface area contributed by atoms with Crippen LogP contribution in [0.25, 0.3) is 10.9 Å². The number of amides is 3. The van der Waals surface area contributed by atoms with Gasteiger partial charge >= 0.3 is 0 Å². The van der Waals surface area contributed by atoms with Gasteiger partial charge in [0.1, 0.15) is 6.04 Å². The second-order valence-electron chi connectivity index (χ2n) is 7.63. The molecule has 0 aliphatic heterocycles. The van der Waals surface area contributed by atoms with E-state index in [2.05, 4.69) is 20.9 Å². The van der Waals surface area contributed by atoms with Gasteiger partial charge < -0.3 is 20.9 Å². The molecule has 30 heavy (non-hydrogen) atoms. The first kappa shape index (κ1) is 19.7. The van der Waals surface area contributed by atoms with Crippen LogP contribution in [0.1, 0.15) is 35.7 Å². The fourth-order valence-corrected chi connectivity index (χ4v) is 3.44. The largest absolute Gasteiger partial charge is 0.361 e. The Labute approximate surface area is 174 Å². The van der Waals surface area contributed by atoms with Crippen molar-refractivity contribution in [2.75, 3.05) is 5.32 Å². The highest BCUT2D eigenvalue weighted by Gasteiger charge is 2.24. The highest BCUT2D eigenvalue weighted by Crippen LogP contribution is 2.21. The molecule has 2 aromatic carbocycles. The molecule has 1 aromatic heterocycles. The highest BCUT2D eigenvalue weighted by atomic mass is 16.2. The number of H-pyrrole nitrogens is 1. The molecule has 4 rings (SSSR count). The Morgan fingerprint density at radius 1 is 1.10 bits per heavy atom. The number of benzene rings is 2. The topological polar surface area (TPSA) is 103 Å². The average molecular weight is 404 g/mol. The number of rotatable bonds is 7. The van der Waals surface area contributed by atoms with Crippen molar-refractivity contribution in [1.82, 2.24) is 15.6 Å². The highest BCUT2D eigenvalue weighted by molar-refractivity contribution is 6.00. The van der Waals surface area contributed by atoms with Gasteiger partial charge in [-0.1, -0.05) is 24.3 Å². The van der Waals surface area contributed by atoms with Crippen molar-refractivity contribution in [2.24, 2.45) is 0 Å². The zero-order valence-electron chi connectivity index (χ0n) is 16.7. The number of carbonyl (C=O) groups excluding carboxylic acids is 3. The molecule has 1 fully saturated rings. The van der Waals surface area contributed by atoms with Gasteiger partial charge in [0, 0.05) is 47.7 Å². The molecular formula is C23H24N4O3. The van der Waals surface area contributed by atoms with Gasteiger partial charge in [-0.05, 0) is 42.7 Å². The summed E-state index contributed by atoms with van der Waals surface area (Å²) in [5, 5.41) is 9.51. The third-order valence-electron chi connectivity index (χ3n) is 5.10. The van der Waals surface area contributed by atoms with Gasteiger partial charge in [0.2, 0.25) is 11.8 Å². The number of anilines is 1. The second kappa shape index (κ2) is 8.41. The normalized spacial score (nSPS) is 14.2. The first-order chi connectivity index (χ1) is 14.5. The second-order valence-corrected chi connectivity index (χ2v) is 7.63. The fraction of sp³-hybridized carbons (Fsp3) is 0.261. The molecular weight excluding hydrogens is 380 g/mol. The van der Waals surface area contributed by atoms with Gasteiger partial charge in [-0.3, -0.25) is 14.4 Å². The molecule has 1 unspecified atom stereocenters. The summed E-state index contributed by atoms with van der Waals surface area (Å²) >= 11 is 0. The Balaban J connectivity index is 1.49. The number of fused-ring (bicyclic) bond motifs is 1. The molecule has 0 spiro atoms. The van der Waals surface area contributed by atoms with Crippen molar-refractivity contribution < 1.29 is 14.4 Å². The van der Waals surface area contributed by atoms with Crippen molar-refractivity contribution in [2.45, 2.75) is 38.3 Å². The zero-order chi connectivity index (χ0) is 21.1. The molecule has 1 atom stereocenters. The van der Waals surface area contributed by atoms with Crippen LogP contribution in [0.3, 0.4) is 0 Å². The first-order valence-electron chi connectivity index (χ1n) is 10.0. The predicted molar refractivity (Wildman–Crippen MR) is 115 cm³/mol. The lowest BCUT2D eigenvalue weighted by atomic mass is 10.0. The third kappa shape index (κ3) is 4.68. The van der Waals surface area contributed by atoms with Crippen LogP contribution in [-0.2, 0) is 16.0 Å². The summed E-state index contributed by atoms with van der Waals surface area (Å²) in [6, 6.07) is 14.1. The Morgan fingerprint density at radius 2 is 1.90 bits per heavy atom. The van der Waals surface area contributed by atoms with Crippen LogP contribution in [-0.4, -0.2) is 34.8 Å². The van der Waals surface area contributed by atoms with Crippen LogP contribution in [0.2, 0.25) is 0 Å². The van der Waals surface area contributed by atoms with E-state index in [-0.39, 0.29) is 23.8 Å². The molecule has 1 heterocycles. The quantitative estimate of drug-likeness (QED) is 0.487. The van der Waals surface area contributed by atoms with Crippen LogP contribution in [0.4, 0.5) is 5.69 Å². The lowest BCUT2D eigenvalue weighted by molar-refractivity contribution is -0.125. The molecule has 4 N–H and O–H groups in total. The van der Waals surface area contributed by atoms with E-state index in [1.54, 1.807) is 24.3 Å². The predicted octanol–water partition coefficient (Wildman–Crippen LogP) is 2.75. The molecule has 1 aliphatic rings. The number of hydrogen-bond acceptors (Lipinski definition) is 3. The molecule has 0 bridgehead atoms. The Kier molecular flexibility index (Phi) is 5.52. The third-order valence-corrected chi connectivity index (χ3v) is 5.10. The SMILES string of the molecule is CC(=O)NC(Cc1c[nH]c2ccccc12)C(=O)Nc1cccc(C(=O)NC2CC2)c1. The average Bonchev–Trinajstić information content (AvgIpc) is 3.45. The van der Waals surface area contributed by atoms with E-state index in [0.29, 0.717) is 17.7 Å². The lowest BCUT2D eigenvalue weighted by Crippen LogP contribution is -2.44. The van der Waals surface area contributed by atoms with E-state index < -0.39 is 6.04 Å². The van der Waals surface area contributed by atoms with Crippen LogP contribution >= 0.6 is 0 Å². The molecule has 3 amide bonds. The maximum absolute atomic E-state index is 12.9. The molecule has 3 aromatic rings. The van der Waals surface area contributed by atoms with Gasteiger partial charge in [0.25, 0.3) is 5.91 Å². The summed E-state index contributed by atoms with van der Waals surface area (Å²) in [6.45, 7) is 1.39. The summed E-state index contributed by atoms with van der Waals surface area (Å²) < 4.78 is 0. The number of carbonyl (C=O) groups is 3. The van der Waals surface area contributed by atoms with Crippen molar-refractivity contribution >= 4 is 34.3 Å². The molecule has 154 valence electrons. The van der Waals surface area contributed by atoms with E-state index in [1.165, 1.54) is 6.92 Å². The summed E-state index contributed by atoms with van der Waals surface area (Å²) in [7, 11) is 0. The molecule has 0 radical (unpaired) electrons. The standard InChI is InChI=1S/C23H24N4O3/c1-14(28)25-21(12-16-13-24-20-8-3-2-7-19(16)20)23(30)27-18-6-4-5-15(11-18)22(29)26-17-9-10-17/h2-8,11,13,17,21,24H,9-10,12H2,1H3,(H,25,28)(H,26,29)(H,27,30). The van der Waals surface area contributed by atoms with E-state index in [1.807, 2.05) is 30.5 Å². The van der Waals surface area contributed by atoms with Crippen molar-refractivity contribution in [1.29, 1.82) is 0 Å². The van der Waals surface area contributed by atoms with Crippen molar-refractivity contribution in [3.63, 3.8) is 0 Å². The molecule has 1 saturated carbocycles. The van der Waals surface area contributed by atoms with Crippen molar-refractivity contribution in [3.05, 3.63) is 65.9 Å². The Hall–Kier alpha value is -3.61. The smallest absolute Gasteiger partial charge is 0.251 e. The monoisotopic (exact) mass is 404 g/mol. The first-order valence-corrected chi connectivity index (χ1v) is 10.0. The van der Waals surface area contributed by atoms with Gasteiger partial charge in [-0.2, -0.15) is 0 Å². The summed E-state index contributed by atoms with van der Waals surface area (Å²) in [5.74, 6) is -0.770. The molecule has 7 heteroatoms. The van der Waals surface area contributed by atoms with Crippen LogP contribution in [0, 0.1) is 0 Å². The molecule has 7 nitrogen and oxygen atoms in total. The minimum Gasteiger partial charge on any atom is -0.361 e. The number of para-hydroxylation sites is 1. The number of aromatic amines is 1. The maximum Gasteiger partial charge on any atom is 0.251 e. The Morgan fingerprint density at radius 3 is 2.67 bits per heavy atom. The van der Waals surface area contributed by atoms with Crippen LogP contribution < -0.4 is 16.0 Å². The summed E-state index contributed by atoms with van der Waals surface area (Å²) in [5.41, 5.74) is 2.92. The number of hydrogen-bond donors (Lipinski definition) is 4. The van der Waals surface area contributed by atoms with Crippen molar-refractivity contribution in [3.8, 4) is 0 Å². The van der Waals surface area contributed by atoms with Gasteiger partial charge in [-0.25, -0.2) is 0 Å². The van der Waals surface area contributed by atoms with Crippen LogP contribution in [0.5, 0.6) is 0 Å². The summed E-state index contributed by atoms with van der Waals surface area (Å²) in [6.07, 6.45) is 4.22. The fourth-order valence-electron chi connectivity index (χ4n) is 3.44. The maximum atomic E-state index is 12.9. The van der Waals surface area contributed by atoms with E-state index in [4.69, 9.17) is 0 Å². The minimum atomic E-state index is -0.745. The lowest BCUT2D eigenvalue weighted by Gasteiger charge is -2.18. The molecule has 1 aliphatic carbocycles. The van der Waals surface area contributed by atoms with Crippen LogP contribution in [0.15, 0.2) is 54.7 Å².